The molecular formula is C12H23N3O2. The van der Waals surface area contributed by atoms with E-state index in [1.807, 2.05) is 6.92 Å². The van der Waals surface area contributed by atoms with Gasteiger partial charge in [-0.3, -0.25) is 9.59 Å². The van der Waals surface area contributed by atoms with Gasteiger partial charge in [0.25, 0.3) is 0 Å². The first kappa shape index (κ1) is 14.0. The molecule has 2 amide bonds. The van der Waals surface area contributed by atoms with Crippen molar-refractivity contribution >= 4 is 11.8 Å². The zero-order valence-electron chi connectivity index (χ0n) is 11.0. The van der Waals surface area contributed by atoms with Crippen molar-refractivity contribution < 1.29 is 9.59 Å². The number of nitrogens with two attached hydrogens (primary N) is 1. The van der Waals surface area contributed by atoms with Gasteiger partial charge in [0.2, 0.25) is 11.8 Å². The Labute approximate surface area is 103 Å². The van der Waals surface area contributed by atoms with Crippen molar-refractivity contribution in [3.05, 3.63) is 0 Å². The highest BCUT2D eigenvalue weighted by atomic mass is 16.2. The van der Waals surface area contributed by atoms with E-state index in [4.69, 9.17) is 5.73 Å². The summed E-state index contributed by atoms with van der Waals surface area (Å²) in [4.78, 5) is 25.4. The summed E-state index contributed by atoms with van der Waals surface area (Å²) in [6.45, 7) is 4.23. The topological polar surface area (TPSA) is 75.4 Å². The highest BCUT2D eigenvalue weighted by Crippen LogP contribution is 2.27. The minimum absolute atomic E-state index is 0.0811. The molecule has 0 aromatic rings. The Morgan fingerprint density at radius 1 is 1.41 bits per heavy atom. The zero-order chi connectivity index (χ0) is 13.1. The predicted molar refractivity (Wildman–Crippen MR) is 66.3 cm³/mol. The van der Waals surface area contributed by atoms with Crippen LogP contribution in [0.4, 0.5) is 0 Å². The molecule has 5 heteroatoms. The molecule has 0 aromatic carbocycles. The highest BCUT2D eigenvalue weighted by molar-refractivity contribution is 5.91. The number of carbonyl (C=O) groups excluding carboxylic acids is 2. The Morgan fingerprint density at radius 2 is 1.94 bits per heavy atom. The fourth-order valence-corrected chi connectivity index (χ4v) is 2.12. The van der Waals surface area contributed by atoms with Gasteiger partial charge in [-0.25, -0.2) is 0 Å². The van der Waals surface area contributed by atoms with Gasteiger partial charge in [-0.15, -0.1) is 0 Å². The van der Waals surface area contributed by atoms with Gasteiger partial charge in [0.1, 0.15) is 6.04 Å². The maximum absolute atomic E-state index is 12.0. The monoisotopic (exact) mass is 241 g/mol. The van der Waals surface area contributed by atoms with Crippen molar-refractivity contribution in [1.82, 2.24) is 10.2 Å². The first-order valence-electron chi connectivity index (χ1n) is 6.25. The highest BCUT2D eigenvalue weighted by Gasteiger charge is 2.38. The summed E-state index contributed by atoms with van der Waals surface area (Å²) in [5.74, 6) is -0.275. The number of carbonyl (C=O) groups is 2. The largest absolute Gasteiger partial charge is 0.344 e. The molecule has 1 unspecified atom stereocenters. The third kappa shape index (κ3) is 3.19. The van der Waals surface area contributed by atoms with Gasteiger partial charge in [-0.1, -0.05) is 12.8 Å². The molecule has 0 spiro atoms. The van der Waals surface area contributed by atoms with E-state index in [0.717, 1.165) is 12.8 Å². The Bertz CT molecular complexity index is 298. The van der Waals surface area contributed by atoms with E-state index >= 15 is 0 Å². The number of nitrogens with one attached hydrogen (secondary N) is 1. The number of hydrogen-bond acceptors (Lipinski definition) is 3. The normalized spacial score (nSPS) is 19.8. The molecular weight excluding hydrogens is 218 g/mol. The lowest BCUT2D eigenvalue weighted by Gasteiger charge is -2.26. The van der Waals surface area contributed by atoms with E-state index in [1.54, 1.807) is 18.9 Å². The zero-order valence-corrected chi connectivity index (χ0v) is 11.0. The lowest BCUT2D eigenvalue weighted by molar-refractivity contribution is -0.136. The third-order valence-corrected chi connectivity index (χ3v) is 3.52. The van der Waals surface area contributed by atoms with Crippen molar-refractivity contribution in [2.24, 2.45) is 5.73 Å². The molecule has 1 fully saturated rings. The lowest BCUT2D eigenvalue weighted by Crippen LogP contribution is -2.56. The van der Waals surface area contributed by atoms with Crippen LogP contribution in [0.25, 0.3) is 0 Å². The van der Waals surface area contributed by atoms with E-state index in [-0.39, 0.29) is 11.8 Å². The molecule has 0 heterocycles. The van der Waals surface area contributed by atoms with Crippen molar-refractivity contribution in [1.29, 1.82) is 0 Å². The molecule has 0 aliphatic heterocycles. The van der Waals surface area contributed by atoms with Crippen LogP contribution in [0.15, 0.2) is 0 Å². The van der Waals surface area contributed by atoms with Gasteiger partial charge in [0.15, 0.2) is 0 Å². The van der Waals surface area contributed by atoms with Crippen molar-refractivity contribution in [2.45, 2.75) is 51.1 Å². The Kier molecular flexibility index (Phi) is 4.51. The van der Waals surface area contributed by atoms with Crippen LogP contribution in [-0.4, -0.2) is 41.9 Å². The minimum atomic E-state index is -0.765. The maximum Gasteiger partial charge on any atom is 0.244 e. The number of hydrogen-bond donors (Lipinski definition) is 2. The molecule has 98 valence electrons. The second-order valence-electron chi connectivity index (χ2n) is 4.91. The summed E-state index contributed by atoms with van der Waals surface area (Å²) in [5.41, 5.74) is 5.26. The van der Waals surface area contributed by atoms with E-state index in [9.17, 15) is 9.59 Å². The van der Waals surface area contributed by atoms with Gasteiger partial charge in [-0.2, -0.15) is 0 Å². The van der Waals surface area contributed by atoms with Gasteiger partial charge in [0, 0.05) is 13.6 Å². The van der Waals surface area contributed by atoms with Gasteiger partial charge < -0.3 is 16.0 Å². The molecule has 0 radical (unpaired) electrons. The molecule has 3 N–H and O–H groups in total. The molecule has 5 nitrogen and oxygen atoms in total. The van der Waals surface area contributed by atoms with Gasteiger partial charge in [-0.05, 0) is 26.7 Å². The lowest BCUT2D eigenvalue weighted by atomic mass is 9.97. The predicted octanol–water partition coefficient (Wildman–Crippen LogP) is 0.241. The van der Waals surface area contributed by atoms with Crippen molar-refractivity contribution in [3.8, 4) is 0 Å². The standard InChI is InChI=1S/C12H23N3O2/c1-4-15(3)10(16)9(2)14-11(17)12(13)7-5-6-8-12/h9H,4-8,13H2,1-3H3,(H,14,17). The molecule has 0 saturated heterocycles. The molecule has 1 atom stereocenters. The second-order valence-corrected chi connectivity index (χ2v) is 4.91. The van der Waals surface area contributed by atoms with Crippen molar-refractivity contribution in [3.63, 3.8) is 0 Å². The SMILES string of the molecule is CCN(C)C(=O)C(C)NC(=O)C1(N)CCCC1. The number of nitrogens with zero attached hydrogens (tertiary/aromatic N) is 1. The van der Waals surface area contributed by atoms with Gasteiger partial charge in [0.05, 0.1) is 5.54 Å². The quantitative estimate of drug-likeness (QED) is 0.740. The average molecular weight is 241 g/mol. The number of amides is 2. The van der Waals surface area contributed by atoms with Crippen LogP contribution in [0.1, 0.15) is 39.5 Å². The smallest absolute Gasteiger partial charge is 0.244 e. The van der Waals surface area contributed by atoms with E-state index < -0.39 is 11.6 Å². The average Bonchev–Trinajstić information content (AvgIpc) is 2.75. The fraction of sp³-hybridized carbons (Fsp3) is 0.833. The molecule has 1 aliphatic carbocycles. The summed E-state index contributed by atoms with van der Waals surface area (Å²) >= 11 is 0. The molecule has 1 saturated carbocycles. The van der Waals surface area contributed by atoms with Crippen LogP contribution in [0.3, 0.4) is 0 Å². The van der Waals surface area contributed by atoms with Crippen molar-refractivity contribution in [2.75, 3.05) is 13.6 Å². The molecule has 0 aromatic heterocycles. The van der Waals surface area contributed by atoms with Crippen LogP contribution < -0.4 is 11.1 Å². The number of likely N-dealkylation sites (N-methyl/N-ethyl adjacent to an activating group) is 1. The van der Waals surface area contributed by atoms with Crippen LogP contribution in [0.5, 0.6) is 0 Å². The molecule has 1 aliphatic rings. The Hall–Kier alpha value is -1.10. The van der Waals surface area contributed by atoms with E-state index in [2.05, 4.69) is 5.32 Å². The van der Waals surface area contributed by atoms with Crippen LogP contribution >= 0.6 is 0 Å². The summed E-state index contributed by atoms with van der Waals surface area (Å²) in [5, 5.41) is 2.72. The number of rotatable bonds is 4. The molecule has 1 rings (SSSR count). The van der Waals surface area contributed by atoms with Crippen LogP contribution in [-0.2, 0) is 9.59 Å². The third-order valence-electron chi connectivity index (χ3n) is 3.52. The van der Waals surface area contributed by atoms with Gasteiger partial charge >= 0.3 is 0 Å². The summed E-state index contributed by atoms with van der Waals surface area (Å²) in [7, 11) is 1.72. The summed E-state index contributed by atoms with van der Waals surface area (Å²) in [6.07, 6.45) is 3.40. The minimum Gasteiger partial charge on any atom is -0.344 e. The Balaban J connectivity index is 2.53. The van der Waals surface area contributed by atoms with Crippen LogP contribution in [0, 0.1) is 0 Å². The molecule has 17 heavy (non-hydrogen) atoms. The fourth-order valence-electron chi connectivity index (χ4n) is 2.12. The van der Waals surface area contributed by atoms with E-state index in [1.165, 1.54) is 0 Å². The second kappa shape index (κ2) is 5.49. The maximum atomic E-state index is 12.0. The van der Waals surface area contributed by atoms with Crippen LogP contribution in [0.2, 0.25) is 0 Å². The summed E-state index contributed by atoms with van der Waals surface area (Å²) in [6, 6.07) is -0.506. The first-order valence-corrected chi connectivity index (χ1v) is 6.25. The summed E-state index contributed by atoms with van der Waals surface area (Å²) < 4.78 is 0. The van der Waals surface area contributed by atoms with E-state index in [0.29, 0.717) is 19.4 Å². The Morgan fingerprint density at radius 3 is 2.41 bits per heavy atom. The first-order chi connectivity index (χ1) is 7.90. The molecule has 0 bridgehead atoms.